The number of nitrogens with two attached hydrogens (primary N) is 1. The summed E-state index contributed by atoms with van der Waals surface area (Å²) >= 11 is 0. The first-order chi connectivity index (χ1) is 11.7. The molecule has 0 radical (unpaired) electrons. The second kappa shape index (κ2) is 14.0. The fourth-order valence-corrected chi connectivity index (χ4v) is 2.81. The Labute approximate surface area is 169 Å². The van der Waals surface area contributed by atoms with E-state index in [4.69, 9.17) is 10.5 Å². The number of hydrogen-bond donors (Lipinski definition) is 2. The average Bonchev–Trinajstić information content (AvgIpc) is 2.60. The minimum absolute atomic E-state index is 0. The van der Waals surface area contributed by atoms with Crippen LogP contribution in [0.4, 0.5) is 5.82 Å². The molecule has 6 nitrogen and oxygen atoms in total. The standard InChI is InChI=1S/C18H30N4O2.2ClH/c1-15-14-22(10-11-24-15)17-8-7-16(12-20-17)13-21-18(23)6-4-2-3-5-9-19;;/h7-8,12,15H,2-6,9-11,13-14,19H2,1H3,(H,21,23);2*1H. The lowest BCUT2D eigenvalue weighted by Crippen LogP contribution is -2.41. The zero-order valence-electron chi connectivity index (χ0n) is 15.5. The Morgan fingerprint density at radius 2 is 2.08 bits per heavy atom. The summed E-state index contributed by atoms with van der Waals surface area (Å²) in [7, 11) is 0. The molecule has 1 aliphatic heterocycles. The molecule has 1 saturated heterocycles. The first kappa shape index (κ1) is 24.9. The molecule has 8 heteroatoms. The van der Waals surface area contributed by atoms with Gasteiger partial charge in [0.1, 0.15) is 5.82 Å². The molecule has 2 rings (SSSR count). The third-order valence-corrected chi connectivity index (χ3v) is 4.22. The normalized spacial score (nSPS) is 16.4. The minimum atomic E-state index is 0. The largest absolute Gasteiger partial charge is 0.375 e. The van der Waals surface area contributed by atoms with Crippen LogP contribution in [-0.2, 0) is 16.1 Å². The minimum Gasteiger partial charge on any atom is -0.375 e. The van der Waals surface area contributed by atoms with Crippen molar-refractivity contribution < 1.29 is 9.53 Å². The van der Waals surface area contributed by atoms with Crippen LogP contribution in [0.25, 0.3) is 0 Å². The van der Waals surface area contributed by atoms with Crippen LogP contribution in [0, 0.1) is 0 Å². The SMILES string of the molecule is CC1CN(c2ccc(CNC(=O)CCCCCCN)cn2)CCO1.Cl.Cl. The van der Waals surface area contributed by atoms with Gasteiger partial charge < -0.3 is 20.7 Å². The van der Waals surface area contributed by atoms with E-state index < -0.39 is 0 Å². The molecule has 0 bridgehead atoms. The Balaban J connectivity index is 0.00000312. The van der Waals surface area contributed by atoms with Crippen LogP contribution in [0.5, 0.6) is 0 Å². The van der Waals surface area contributed by atoms with Gasteiger partial charge in [0.2, 0.25) is 5.91 Å². The number of halogens is 2. The number of rotatable bonds is 9. The van der Waals surface area contributed by atoms with Gasteiger partial charge in [0.15, 0.2) is 0 Å². The zero-order chi connectivity index (χ0) is 17.2. The van der Waals surface area contributed by atoms with Crippen LogP contribution in [0.3, 0.4) is 0 Å². The molecule has 1 aliphatic rings. The number of hydrogen-bond acceptors (Lipinski definition) is 5. The van der Waals surface area contributed by atoms with Crippen molar-refractivity contribution in [3.8, 4) is 0 Å². The predicted octanol–water partition coefficient (Wildman–Crippen LogP) is 2.68. The number of anilines is 1. The molecule has 1 aromatic rings. The number of aromatic nitrogens is 1. The predicted molar refractivity (Wildman–Crippen MR) is 110 cm³/mol. The van der Waals surface area contributed by atoms with Gasteiger partial charge in [-0.3, -0.25) is 4.79 Å². The highest BCUT2D eigenvalue weighted by Crippen LogP contribution is 2.15. The maximum atomic E-state index is 11.8. The fraction of sp³-hybridized carbons (Fsp3) is 0.667. The van der Waals surface area contributed by atoms with Gasteiger partial charge in [-0.25, -0.2) is 4.98 Å². The number of morpholine rings is 1. The van der Waals surface area contributed by atoms with Gasteiger partial charge >= 0.3 is 0 Å². The summed E-state index contributed by atoms with van der Waals surface area (Å²) in [5, 5.41) is 2.96. The lowest BCUT2D eigenvalue weighted by Gasteiger charge is -2.32. The van der Waals surface area contributed by atoms with Gasteiger partial charge in [-0.2, -0.15) is 0 Å². The maximum Gasteiger partial charge on any atom is 0.220 e. The Morgan fingerprint density at radius 3 is 2.73 bits per heavy atom. The van der Waals surface area contributed by atoms with Gasteiger partial charge in [-0.1, -0.05) is 18.9 Å². The van der Waals surface area contributed by atoms with E-state index >= 15 is 0 Å². The van der Waals surface area contributed by atoms with Crippen molar-refractivity contribution in [3.63, 3.8) is 0 Å². The summed E-state index contributed by atoms with van der Waals surface area (Å²) in [6.45, 7) is 5.83. The van der Waals surface area contributed by atoms with Crippen molar-refractivity contribution in [2.24, 2.45) is 5.73 Å². The lowest BCUT2D eigenvalue weighted by molar-refractivity contribution is -0.121. The maximum absolute atomic E-state index is 11.8. The highest BCUT2D eigenvalue weighted by Gasteiger charge is 2.17. The number of pyridine rings is 1. The molecule has 0 aliphatic carbocycles. The number of amides is 1. The van der Waals surface area contributed by atoms with Crippen molar-refractivity contribution in [3.05, 3.63) is 23.9 Å². The van der Waals surface area contributed by atoms with E-state index in [2.05, 4.69) is 22.1 Å². The smallest absolute Gasteiger partial charge is 0.220 e. The zero-order valence-corrected chi connectivity index (χ0v) is 17.1. The molecule has 0 spiro atoms. The summed E-state index contributed by atoms with van der Waals surface area (Å²) in [4.78, 5) is 18.6. The third kappa shape index (κ3) is 9.03. The Morgan fingerprint density at radius 1 is 1.31 bits per heavy atom. The van der Waals surface area contributed by atoms with E-state index in [1.807, 2.05) is 18.3 Å². The quantitative estimate of drug-likeness (QED) is 0.616. The second-order valence-electron chi connectivity index (χ2n) is 6.38. The van der Waals surface area contributed by atoms with E-state index in [0.717, 1.165) is 63.3 Å². The second-order valence-corrected chi connectivity index (χ2v) is 6.38. The fourth-order valence-electron chi connectivity index (χ4n) is 2.81. The van der Waals surface area contributed by atoms with Crippen LogP contribution in [0.2, 0.25) is 0 Å². The van der Waals surface area contributed by atoms with E-state index in [0.29, 0.717) is 13.0 Å². The van der Waals surface area contributed by atoms with E-state index in [1.165, 1.54) is 0 Å². The van der Waals surface area contributed by atoms with E-state index in [9.17, 15) is 4.79 Å². The van der Waals surface area contributed by atoms with E-state index in [1.54, 1.807) is 0 Å². The third-order valence-electron chi connectivity index (χ3n) is 4.22. The molecule has 150 valence electrons. The van der Waals surface area contributed by atoms with Crippen LogP contribution in [0.15, 0.2) is 18.3 Å². The molecule has 1 fully saturated rings. The molecule has 1 amide bonds. The van der Waals surface area contributed by atoms with Crippen molar-refractivity contribution in [1.82, 2.24) is 10.3 Å². The van der Waals surface area contributed by atoms with Crippen LogP contribution in [-0.4, -0.2) is 43.2 Å². The molecule has 26 heavy (non-hydrogen) atoms. The Bertz CT molecular complexity index is 502. The molecular weight excluding hydrogens is 375 g/mol. The Hall–Kier alpha value is -1.08. The van der Waals surface area contributed by atoms with Crippen molar-refractivity contribution in [2.75, 3.05) is 31.1 Å². The molecular formula is C18H32Cl2N4O2. The summed E-state index contributed by atoms with van der Waals surface area (Å²) in [5.74, 6) is 1.08. The number of carbonyl (C=O) groups is 1. The Kier molecular flexibility index (Phi) is 13.5. The molecule has 0 saturated carbocycles. The van der Waals surface area contributed by atoms with Crippen molar-refractivity contribution in [2.45, 2.75) is 51.7 Å². The highest BCUT2D eigenvalue weighted by atomic mass is 35.5. The van der Waals surface area contributed by atoms with E-state index in [-0.39, 0.29) is 36.8 Å². The first-order valence-corrected chi connectivity index (χ1v) is 8.97. The molecule has 1 aromatic heterocycles. The molecule has 1 atom stereocenters. The topological polar surface area (TPSA) is 80.5 Å². The molecule has 1 unspecified atom stereocenters. The average molecular weight is 407 g/mol. The number of nitrogens with one attached hydrogen (secondary N) is 1. The lowest BCUT2D eigenvalue weighted by atomic mass is 10.1. The van der Waals surface area contributed by atoms with Crippen LogP contribution in [0.1, 0.15) is 44.6 Å². The van der Waals surface area contributed by atoms with Crippen LogP contribution < -0.4 is 16.0 Å². The van der Waals surface area contributed by atoms with Gasteiger partial charge in [0, 0.05) is 32.3 Å². The van der Waals surface area contributed by atoms with Gasteiger partial charge in [-0.15, -0.1) is 24.8 Å². The summed E-state index contributed by atoms with van der Waals surface area (Å²) in [6.07, 6.45) is 6.82. The first-order valence-electron chi connectivity index (χ1n) is 8.97. The van der Waals surface area contributed by atoms with Crippen molar-refractivity contribution >= 4 is 36.5 Å². The molecule has 2 heterocycles. The molecule has 0 aromatic carbocycles. The van der Waals surface area contributed by atoms with Gasteiger partial charge in [0.05, 0.1) is 12.7 Å². The number of nitrogens with zero attached hydrogens (tertiary/aromatic N) is 2. The number of unbranched alkanes of at least 4 members (excludes halogenated alkanes) is 3. The van der Waals surface area contributed by atoms with Gasteiger partial charge in [-0.05, 0) is 37.9 Å². The summed E-state index contributed by atoms with van der Waals surface area (Å²) < 4.78 is 5.55. The number of ether oxygens (including phenoxy) is 1. The highest BCUT2D eigenvalue weighted by molar-refractivity contribution is 5.85. The number of carbonyl (C=O) groups excluding carboxylic acids is 1. The summed E-state index contributed by atoms with van der Waals surface area (Å²) in [6, 6.07) is 4.05. The van der Waals surface area contributed by atoms with Crippen LogP contribution >= 0.6 is 24.8 Å². The summed E-state index contributed by atoms with van der Waals surface area (Å²) in [5.41, 5.74) is 6.48. The monoisotopic (exact) mass is 406 g/mol. The van der Waals surface area contributed by atoms with Gasteiger partial charge in [0.25, 0.3) is 0 Å². The molecule has 3 N–H and O–H groups in total. The van der Waals surface area contributed by atoms with Crippen molar-refractivity contribution in [1.29, 1.82) is 0 Å².